The van der Waals surface area contributed by atoms with E-state index in [1.54, 1.807) is 0 Å². The molecule has 1 heterocycles. The van der Waals surface area contributed by atoms with Crippen LogP contribution in [0.3, 0.4) is 0 Å². The minimum atomic E-state index is -0.546. The van der Waals surface area contributed by atoms with Gasteiger partial charge in [-0.25, -0.2) is 9.40 Å². The first-order chi connectivity index (χ1) is 6.47. The van der Waals surface area contributed by atoms with Crippen LogP contribution in [0.1, 0.15) is 33.6 Å². The topological polar surface area (TPSA) is 15.3 Å². The van der Waals surface area contributed by atoms with E-state index in [0.717, 1.165) is 25.9 Å². The van der Waals surface area contributed by atoms with E-state index in [2.05, 4.69) is 31.2 Å². The maximum atomic E-state index is 12.7. The zero-order chi connectivity index (χ0) is 10.3. The lowest BCUT2D eigenvalue weighted by Crippen LogP contribution is -2.49. The van der Waals surface area contributed by atoms with Crippen molar-refractivity contribution in [2.24, 2.45) is 11.3 Å². The summed E-state index contributed by atoms with van der Waals surface area (Å²) >= 11 is 0. The summed E-state index contributed by atoms with van der Waals surface area (Å²) in [5, 5.41) is 2.26. The summed E-state index contributed by atoms with van der Waals surface area (Å²) in [4.78, 5) is 0. The molecule has 0 bridgehead atoms. The Morgan fingerprint density at radius 3 is 2.36 bits per heavy atom. The number of halogens is 1. The van der Waals surface area contributed by atoms with Crippen LogP contribution in [-0.2, 0) is 0 Å². The van der Waals surface area contributed by atoms with Gasteiger partial charge in [0.15, 0.2) is 0 Å². The van der Waals surface area contributed by atoms with E-state index in [0.29, 0.717) is 17.4 Å². The minimum Gasteiger partial charge on any atom is -0.255 e. The molecule has 1 aliphatic heterocycles. The van der Waals surface area contributed by atoms with E-state index in [4.69, 9.17) is 0 Å². The fourth-order valence-electron chi connectivity index (χ4n) is 2.23. The molecule has 0 amide bonds. The number of nitrogens with zero attached hydrogens (tertiary/aromatic N) is 1. The van der Waals surface area contributed by atoms with Crippen LogP contribution < -0.4 is 5.43 Å². The molecule has 0 aromatic carbocycles. The summed E-state index contributed by atoms with van der Waals surface area (Å²) in [6.07, 6.45) is 0.906. The molecular formula is C11H21FN2. The molecule has 1 atom stereocenters. The average Bonchev–Trinajstić information content (AvgIpc) is 2.45. The molecule has 1 aliphatic carbocycles. The second kappa shape index (κ2) is 3.46. The third kappa shape index (κ3) is 1.94. The lowest BCUT2D eigenvalue weighted by molar-refractivity contribution is 0.0366. The van der Waals surface area contributed by atoms with Crippen molar-refractivity contribution < 1.29 is 4.39 Å². The minimum absolute atomic E-state index is 0.362. The summed E-state index contributed by atoms with van der Waals surface area (Å²) < 4.78 is 12.7. The standard InChI is InChI=1S/C11H21FN2/c1-11(2,3)8-6-13-14(7-8)10-4-9(12)5-10/h8-10,13H,4-7H2,1-3H3. The number of rotatable bonds is 1. The van der Waals surface area contributed by atoms with Crippen molar-refractivity contribution in [1.29, 1.82) is 0 Å². The maximum absolute atomic E-state index is 12.7. The number of hydrazine groups is 1. The molecule has 0 spiro atoms. The molecule has 82 valence electrons. The summed E-state index contributed by atoms with van der Waals surface area (Å²) in [6.45, 7) is 8.97. The quantitative estimate of drug-likeness (QED) is 0.696. The van der Waals surface area contributed by atoms with E-state index in [1.807, 2.05) is 0 Å². The maximum Gasteiger partial charge on any atom is 0.103 e. The van der Waals surface area contributed by atoms with Crippen LogP contribution in [0.2, 0.25) is 0 Å². The molecular weight excluding hydrogens is 179 g/mol. The number of nitrogens with one attached hydrogen (secondary N) is 1. The van der Waals surface area contributed by atoms with Gasteiger partial charge in [0.05, 0.1) is 0 Å². The fourth-order valence-corrected chi connectivity index (χ4v) is 2.23. The Bertz CT molecular complexity index is 206. The molecule has 0 aromatic heterocycles. The monoisotopic (exact) mass is 200 g/mol. The normalized spacial score (nSPS) is 39.9. The highest BCUT2D eigenvalue weighted by atomic mass is 19.1. The van der Waals surface area contributed by atoms with Crippen LogP contribution in [0, 0.1) is 11.3 Å². The molecule has 2 aliphatic rings. The molecule has 1 unspecified atom stereocenters. The summed E-state index contributed by atoms with van der Waals surface area (Å²) in [5.41, 5.74) is 3.76. The molecule has 14 heavy (non-hydrogen) atoms. The van der Waals surface area contributed by atoms with Crippen molar-refractivity contribution in [3.05, 3.63) is 0 Å². The average molecular weight is 200 g/mol. The van der Waals surface area contributed by atoms with Crippen molar-refractivity contribution in [1.82, 2.24) is 10.4 Å². The van der Waals surface area contributed by atoms with Crippen LogP contribution >= 0.6 is 0 Å². The van der Waals surface area contributed by atoms with Gasteiger partial charge in [0.1, 0.15) is 6.17 Å². The molecule has 0 aromatic rings. The van der Waals surface area contributed by atoms with Gasteiger partial charge in [-0.05, 0) is 24.2 Å². The van der Waals surface area contributed by atoms with Gasteiger partial charge in [0.2, 0.25) is 0 Å². The third-order valence-corrected chi connectivity index (χ3v) is 3.68. The van der Waals surface area contributed by atoms with Gasteiger partial charge in [-0.2, -0.15) is 0 Å². The van der Waals surface area contributed by atoms with E-state index >= 15 is 0 Å². The van der Waals surface area contributed by atoms with Crippen LogP contribution in [-0.4, -0.2) is 30.3 Å². The number of alkyl halides is 1. The molecule has 3 heteroatoms. The van der Waals surface area contributed by atoms with Gasteiger partial charge in [0, 0.05) is 19.1 Å². The zero-order valence-electron chi connectivity index (χ0n) is 9.39. The lowest BCUT2D eigenvalue weighted by Gasteiger charge is -2.37. The molecule has 2 fully saturated rings. The van der Waals surface area contributed by atoms with Gasteiger partial charge < -0.3 is 0 Å². The van der Waals surface area contributed by atoms with Crippen molar-refractivity contribution in [2.75, 3.05) is 13.1 Å². The highest BCUT2D eigenvalue weighted by molar-refractivity contribution is 4.91. The van der Waals surface area contributed by atoms with Gasteiger partial charge in [0.25, 0.3) is 0 Å². The third-order valence-electron chi connectivity index (χ3n) is 3.68. The van der Waals surface area contributed by atoms with E-state index in [9.17, 15) is 4.39 Å². The van der Waals surface area contributed by atoms with Crippen molar-refractivity contribution in [3.63, 3.8) is 0 Å². The van der Waals surface area contributed by atoms with Crippen LogP contribution in [0.15, 0.2) is 0 Å². The van der Waals surface area contributed by atoms with Crippen molar-refractivity contribution >= 4 is 0 Å². The fraction of sp³-hybridized carbons (Fsp3) is 1.00. The predicted molar refractivity (Wildman–Crippen MR) is 55.6 cm³/mol. The van der Waals surface area contributed by atoms with E-state index in [1.165, 1.54) is 0 Å². The zero-order valence-corrected chi connectivity index (χ0v) is 9.39. The number of hydrogen-bond donors (Lipinski definition) is 1. The van der Waals surface area contributed by atoms with Crippen molar-refractivity contribution in [3.8, 4) is 0 Å². The highest BCUT2D eigenvalue weighted by Gasteiger charge is 2.39. The Kier molecular flexibility index (Phi) is 2.56. The molecule has 2 rings (SSSR count). The second-order valence-corrected chi connectivity index (χ2v) is 5.80. The van der Waals surface area contributed by atoms with E-state index < -0.39 is 6.17 Å². The summed E-state index contributed by atoms with van der Waals surface area (Å²) in [5.74, 6) is 0.696. The predicted octanol–water partition coefficient (Wildman–Crippen LogP) is 1.97. The Morgan fingerprint density at radius 2 is 1.93 bits per heavy atom. The molecule has 0 radical (unpaired) electrons. The summed E-state index contributed by atoms with van der Waals surface area (Å²) in [7, 11) is 0. The van der Waals surface area contributed by atoms with Crippen molar-refractivity contribution in [2.45, 2.75) is 45.8 Å². The largest absolute Gasteiger partial charge is 0.255 e. The van der Waals surface area contributed by atoms with Crippen LogP contribution in [0.25, 0.3) is 0 Å². The van der Waals surface area contributed by atoms with Gasteiger partial charge >= 0.3 is 0 Å². The molecule has 2 nitrogen and oxygen atoms in total. The number of hydrogen-bond acceptors (Lipinski definition) is 2. The molecule has 1 saturated heterocycles. The lowest BCUT2D eigenvalue weighted by atomic mass is 9.81. The van der Waals surface area contributed by atoms with E-state index in [-0.39, 0.29) is 0 Å². The van der Waals surface area contributed by atoms with Crippen LogP contribution in [0.5, 0.6) is 0 Å². The van der Waals surface area contributed by atoms with Gasteiger partial charge in [-0.15, -0.1) is 0 Å². The second-order valence-electron chi connectivity index (χ2n) is 5.80. The Hall–Kier alpha value is -0.150. The Morgan fingerprint density at radius 1 is 1.29 bits per heavy atom. The first-order valence-corrected chi connectivity index (χ1v) is 5.61. The Balaban J connectivity index is 1.83. The van der Waals surface area contributed by atoms with Crippen LogP contribution in [0.4, 0.5) is 4.39 Å². The first kappa shape index (κ1) is 10.4. The summed E-state index contributed by atoms with van der Waals surface area (Å²) in [6, 6.07) is 0.456. The smallest absolute Gasteiger partial charge is 0.103 e. The Labute approximate surface area is 85.8 Å². The van der Waals surface area contributed by atoms with Gasteiger partial charge in [-0.1, -0.05) is 20.8 Å². The first-order valence-electron chi connectivity index (χ1n) is 5.61. The highest BCUT2D eigenvalue weighted by Crippen LogP contribution is 2.34. The molecule has 1 saturated carbocycles. The molecule has 1 N–H and O–H groups in total. The van der Waals surface area contributed by atoms with Gasteiger partial charge in [-0.3, -0.25) is 5.43 Å². The SMILES string of the molecule is CC(C)(C)C1CNN(C2CC(F)C2)C1.